The number of hydrogen-bond donors (Lipinski definition) is 2. The van der Waals surface area contributed by atoms with Crippen LogP contribution >= 0.6 is 11.6 Å². The van der Waals surface area contributed by atoms with Crippen LogP contribution in [0.3, 0.4) is 0 Å². The first-order valence-corrected chi connectivity index (χ1v) is 9.35. The van der Waals surface area contributed by atoms with E-state index in [0.29, 0.717) is 34.6 Å². The first-order valence-electron chi connectivity index (χ1n) is 8.97. The lowest BCUT2D eigenvalue weighted by molar-refractivity contribution is 0.761. The number of aromatic nitrogens is 2. The monoisotopic (exact) mass is 385 g/mol. The maximum Gasteiger partial charge on any atom is 0.180 e. The van der Waals surface area contributed by atoms with Gasteiger partial charge in [-0.15, -0.1) is 0 Å². The minimum Gasteiger partial charge on any atom is -0.367 e. The highest BCUT2D eigenvalue weighted by atomic mass is 35.5. The van der Waals surface area contributed by atoms with Gasteiger partial charge in [0.1, 0.15) is 16.5 Å². The van der Waals surface area contributed by atoms with Crippen LogP contribution in [0.2, 0.25) is 5.02 Å². The predicted molar refractivity (Wildman–Crippen MR) is 117 cm³/mol. The number of benzene rings is 1. The van der Waals surface area contributed by atoms with Gasteiger partial charge in [-0.05, 0) is 25.5 Å². The van der Waals surface area contributed by atoms with Crippen LogP contribution in [-0.2, 0) is 0 Å². The number of nitrogens with one attached hydrogen (secondary N) is 1. The molecule has 0 fully saturated rings. The Morgan fingerprint density at radius 2 is 1.96 bits per heavy atom. The van der Waals surface area contributed by atoms with Crippen molar-refractivity contribution in [3.8, 4) is 0 Å². The van der Waals surface area contributed by atoms with Gasteiger partial charge in [0, 0.05) is 18.8 Å². The third kappa shape index (κ3) is 6.62. The van der Waals surface area contributed by atoms with Crippen LogP contribution < -0.4 is 11.1 Å². The molecule has 5 nitrogen and oxygen atoms in total. The Labute approximate surface area is 167 Å². The number of rotatable bonds is 7. The van der Waals surface area contributed by atoms with E-state index in [1.807, 2.05) is 58.0 Å². The van der Waals surface area contributed by atoms with Crippen molar-refractivity contribution in [3.05, 3.63) is 71.2 Å². The van der Waals surface area contributed by atoms with Crippen LogP contribution in [0.15, 0.2) is 54.1 Å². The Morgan fingerprint density at radius 3 is 2.56 bits per heavy atom. The van der Waals surface area contributed by atoms with Gasteiger partial charge in [-0.25, -0.2) is 9.97 Å². The molecule has 144 valence electrons. The predicted octanol–water partition coefficient (Wildman–Crippen LogP) is 5.19. The third-order valence-electron chi connectivity index (χ3n) is 3.51. The van der Waals surface area contributed by atoms with Crippen LogP contribution in [0.1, 0.15) is 43.9 Å². The molecule has 0 saturated heterocycles. The van der Waals surface area contributed by atoms with Gasteiger partial charge < -0.3 is 11.1 Å². The summed E-state index contributed by atoms with van der Waals surface area (Å²) >= 11 is 6.35. The molecule has 0 aliphatic carbocycles. The molecule has 2 aromatic rings. The van der Waals surface area contributed by atoms with E-state index in [0.717, 1.165) is 5.56 Å². The van der Waals surface area contributed by atoms with Gasteiger partial charge in [-0.1, -0.05) is 68.4 Å². The molecule has 0 aliphatic rings. The molecule has 0 radical (unpaired) electrons. The Hall–Kier alpha value is -2.50. The molecule has 0 spiro atoms. The molecule has 1 atom stereocenters. The number of nitrogens with two attached hydrogens (primary N) is 1. The van der Waals surface area contributed by atoms with E-state index in [2.05, 4.69) is 26.9 Å². The minimum atomic E-state index is -0.173. The third-order valence-corrected chi connectivity index (χ3v) is 3.96. The molecule has 0 bridgehead atoms. The summed E-state index contributed by atoms with van der Waals surface area (Å²) in [6.45, 7) is 11.9. The summed E-state index contributed by atoms with van der Waals surface area (Å²) in [5.41, 5.74) is 8.56. The largest absolute Gasteiger partial charge is 0.367 e. The summed E-state index contributed by atoms with van der Waals surface area (Å²) in [6, 6.07) is 9.70. The van der Waals surface area contributed by atoms with E-state index in [-0.39, 0.29) is 6.04 Å². The van der Waals surface area contributed by atoms with Crippen LogP contribution in [0.5, 0.6) is 0 Å². The maximum atomic E-state index is 6.35. The van der Waals surface area contributed by atoms with Gasteiger partial charge in [-0.3, -0.25) is 4.99 Å². The van der Waals surface area contributed by atoms with Gasteiger partial charge >= 0.3 is 0 Å². The molecule has 27 heavy (non-hydrogen) atoms. The standard InChI is InChI=1S/C19H22ClN5.C2H6/c1-4-9-16(22-5-2)18-24-13(3)17(20)19(25-18)23-12-15(21)14-10-7-6-8-11-14;1-2/h4-11,15H,1,12,21H2,2-3H3,(H,23,24,25);1-2H3/b16-9-,22-5?;. The molecule has 3 N–H and O–H groups in total. The number of halogens is 1. The lowest BCUT2D eigenvalue weighted by Crippen LogP contribution is -2.21. The Morgan fingerprint density at radius 1 is 1.30 bits per heavy atom. The number of aliphatic imine (C=N–C) groups is 1. The first kappa shape index (κ1) is 22.5. The van der Waals surface area contributed by atoms with E-state index >= 15 is 0 Å². The average Bonchev–Trinajstić information content (AvgIpc) is 2.70. The fourth-order valence-corrected chi connectivity index (χ4v) is 2.39. The zero-order valence-corrected chi connectivity index (χ0v) is 17.2. The quantitative estimate of drug-likeness (QED) is 0.507. The maximum absolute atomic E-state index is 6.35. The first-order chi connectivity index (χ1) is 13.1. The second-order valence-electron chi connectivity index (χ2n) is 5.37. The molecule has 1 heterocycles. The van der Waals surface area contributed by atoms with Gasteiger partial charge in [-0.2, -0.15) is 0 Å². The Balaban J connectivity index is 0.00000176. The smallest absolute Gasteiger partial charge is 0.180 e. The van der Waals surface area contributed by atoms with Crippen LogP contribution in [-0.4, -0.2) is 22.7 Å². The molecule has 0 aliphatic heterocycles. The average molecular weight is 386 g/mol. The van der Waals surface area contributed by atoms with Crippen molar-refractivity contribution in [2.45, 2.75) is 33.7 Å². The second-order valence-corrected chi connectivity index (χ2v) is 5.75. The van der Waals surface area contributed by atoms with Gasteiger partial charge in [0.05, 0.1) is 5.69 Å². The summed E-state index contributed by atoms with van der Waals surface area (Å²) in [5.74, 6) is 1.02. The van der Waals surface area contributed by atoms with E-state index in [1.54, 1.807) is 18.4 Å². The van der Waals surface area contributed by atoms with Crippen LogP contribution in [0.4, 0.5) is 5.82 Å². The van der Waals surface area contributed by atoms with Crippen molar-refractivity contribution in [1.29, 1.82) is 0 Å². The lowest BCUT2D eigenvalue weighted by Gasteiger charge is -2.15. The minimum absolute atomic E-state index is 0.173. The molecule has 0 amide bonds. The summed E-state index contributed by atoms with van der Waals surface area (Å²) in [5, 5.41) is 3.69. The SMILES string of the molecule is C=C/C=C(\N=CC)c1nc(C)c(Cl)c(NCC(N)c2ccccc2)n1.CC. The van der Waals surface area contributed by atoms with E-state index in [1.165, 1.54) is 0 Å². The topological polar surface area (TPSA) is 76.2 Å². The molecular formula is C21H28ClN5. The van der Waals surface area contributed by atoms with Crippen molar-refractivity contribution in [1.82, 2.24) is 9.97 Å². The zero-order valence-electron chi connectivity index (χ0n) is 16.4. The van der Waals surface area contributed by atoms with Crippen LogP contribution in [0, 0.1) is 6.92 Å². The number of hydrogen-bond acceptors (Lipinski definition) is 5. The van der Waals surface area contributed by atoms with Crippen molar-refractivity contribution in [2.24, 2.45) is 10.7 Å². The van der Waals surface area contributed by atoms with E-state index < -0.39 is 0 Å². The number of aryl methyl sites for hydroxylation is 1. The number of nitrogens with zero attached hydrogens (tertiary/aromatic N) is 3. The Kier molecular flexibility index (Phi) is 10.0. The molecular weight excluding hydrogens is 358 g/mol. The molecule has 1 aromatic carbocycles. The molecule has 1 unspecified atom stereocenters. The summed E-state index contributed by atoms with van der Waals surface area (Å²) in [4.78, 5) is 13.2. The van der Waals surface area contributed by atoms with Gasteiger partial charge in [0.25, 0.3) is 0 Å². The highest BCUT2D eigenvalue weighted by Gasteiger charge is 2.13. The highest BCUT2D eigenvalue weighted by Crippen LogP contribution is 2.25. The summed E-state index contributed by atoms with van der Waals surface area (Å²) < 4.78 is 0. The fourth-order valence-electron chi connectivity index (χ4n) is 2.24. The number of anilines is 1. The van der Waals surface area contributed by atoms with E-state index in [4.69, 9.17) is 17.3 Å². The molecule has 6 heteroatoms. The van der Waals surface area contributed by atoms with Crippen molar-refractivity contribution >= 4 is 29.3 Å². The van der Waals surface area contributed by atoms with Crippen molar-refractivity contribution < 1.29 is 0 Å². The van der Waals surface area contributed by atoms with Gasteiger partial charge in [0.2, 0.25) is 0 Å². The number of allylic oxidation sites excluding steroid dienone is 2. The highest BCUT2D eigenvalue weighted by molar-refractivity contribution is 6.33. The zero-order chi connectivity index (χ0) is 20.2. The van der Waals surface area contributed by atoms with Crippen LogP contribution in [0.25, 0.3) is 5.70 Å². The Bertz CT molecular complexity index is 785. The fraction of sp³-hybridized carbons (Fsp3) is 0.286. The molecule has 2 rings (SSSR count). The van der Waals surface area contributed by atoms with Gasteiger partial charge in [0.15, 0.2) is 5.82 Å². The van der Waals surface area contributed by atoms with E-state index in [9.17, 15) is 0 Å². The second kappa shape index (κ2) is 12.0. The summed E-state index contributed by atoms with van der Waals surface area (Å²) in [7, 11) is 0. The lowest BCUT2D eigenvalue weighted by atomic mass is 10.1. The summed E-state index contributed by atoms with van der Waals surface area (Å²) in [6.07, 6.45) is 5.08. The van der Waals surface area contributed by atoms with Crippen molar-refractivity contribution in [2.75, 3.05) is 11.9 Å². The molecule has 1 aromatic heterocycles. The normalized spacial score (nSPS) is 12.3. The molecule has 0 saturated carbocycles. The van der Waals surface area contributed by atoms with Crippen molar-refractivity contribution in [3.63, 3.8) is 0 Å².